The van der Waals surface area contributed by atoms with E-state index in [0.29, 0.717) is 33.0 Å². The highest BCUT2D eigenvalue weighted by atomic mass is 79.9. The van der Waals surface area contributed by atoms with Crippen molar-refractivity contribution in [1.82, 2.24) is 10.7 Å². The predicted molar refractivity (Wildman–Crippen MR) is 138 cm³/mol. The molecule has 0 fully saturated rings. The number of nitrogens with zero attached hydrogens (tertiary/aromatic N) is 1. The van der Waals surface area contributed by atoms with Gasteiger partial charge in [0.05, 0.1) is 28.4 Å². The van der Waals surface area contributed by atoms with Crippen molar-refractivity contribution in [1.29, 1.82) is 0 Å². The number of carbonyl (C=O) groups is 2. The molecule has 0 bridgehead atoms. The average Bonchev–Trinajstić information content (AvgIpc) is 2.77. The molecule has 0 unspecified atom stereocenters. The third-order valence-electron chi connectivity index (χ3n) is 4.44. The van der Waals surface area contributed by atoms with Gasteiger partial charge in [0, 0.05) is 5.02 Å². The number of benzene rings is 2. The van der Waals surface area contributed by atoms with Crippen molar-refractivity contribution in [3.63, 3.8) is 0 Å². The van der Waals surface area contributed by atoms with E-state index in [4.69, 9.17) is 39.1 Å². The van der Waals surface area contributed by atoms with Crippen molar-refractivity contribution in [2.24, 2.45) is 11.0 Å². The number of halogens is 3. The Kier molecular flexibility index (Phi) is 10.7. The molecule has 0 aliphatic heterocycles. The molecule has 2 amide bonds. The Hall–Kier alpha value is -2.73. The number of carbonyl (C=O) groups excluding carboxylic acids is 2. The molecule has 2 rings (SSSR count). The summed E-state index contributed by atoms with van der Waals surface area (Å²) in [4.78, 5) is 25.5. The minimum atomic E-state index is -0.822. The highest BCUT2D eigenvalue weighted by Gasteiger charge is 2.23. The number of terminal acetylenes is 1. The van der Waals surface area contributed by atoms with Crippen LogP contribution in [0.4, 0.5) is 0 Å². The number of methoxy groups -OCH3 is 1. The largest absolute Gasteiger partial charge is 0.493 e. The molecular formula is C24H24BrCl2N3O4. The van der Waals surface area contributed by atoms with Gasteiger partial charge in [0.1, 0.15) is 12.6 Å². The van der Waals surface area contributed by atoms with Crippen molar-refractivity contribution >= 4 is 57.2 Å². The maximum absolute atomic E-state index is 12.8. The van der Waals surface area contributed by atoms with E-state index in [2.05, 4.69) is 37.7 Å². The van der Waals surface area contributed by atoms with Crippen molar-refractivity contribution in [3.8, 4) is 23.8 Å². The summed E-state index contributed by atoms with van der Waals surface area (Å²) in [6, 6.07) is 7.12. The SMILES string of the molecule is C#CCOc1c(Br)cc(/C=N\NC(=O)[C@H](CC(C)C)NC(=O)c2ccc(Cl)cc2Cl)cc1OC. The van der Waals surface area contributed by atoms with Crippen molar-refractivity contribution in [3.05, 3.63) is 56.0 Å². The smallest absolute Gasteiger partial charge is 0.262 e. The molecule has 1 atom stereocenters. The van der Waals surface area contributed by atoms with Crippen LogP contribution in [0.1, 0.15) is 36.2 Å². The van der Waals surface area contributed by atoms with Gasteiger partial charge in [-0.1, -0.05) is 43.0 Å². The zero-order valence-corrected chi connectivity index (χ0v) is 21.9. The molecule has 0 heterocycles. The lowest BCUT2D eigenvalue weighted by atomic mass is 10.0. The summed E-state index contributed by atoms with van der Waals surface area (Å²) >= 11 is 15.4. The Morgan fingerprint density at radius 3 is 2.62 bits per heavy atom. The highest BCUT2D eigenvalue weighted by Crippen LogP contribution is 2.36. The molecular weight excluding hydrogens is 545 g/mol. The van der Waals surface area contributed by atoms with Crippen molar-refractivity contribution < 1.29 is 19.1 Å². The first-order valence-corrected chi connectivity index (χ1v) is 11.7. The fourth-order valence-corrected chi connectivity index (χ4v) is 4.00. The van der Waals surface area contributed by atoms with Crippen LogP contribution in [0.5, 0.6) is 11.5 Å². The van der Waals surface area contributed by atoms with Gasteiger partial charge in [-0.3, -0.25) is 9.59 Å². The first-order valence-electron chi connectivity index (χ1n) is 10.2. The molecule has 2 N–H and O–H groups in total. The fourth-order valence-electron chi connectivity index (χ4n) is 2.93. The maximum Gasteiger partial charge on any atom is 0.262 e. The Labute approximate surface area is 217 Å². The van der Waals surface area contributed by atoms with Crippen LogP contribution in [0, 0.1) is 18.3 Å². The summed E-state index contributed by atoms with van der Waals surface area (Å²) < 4.78 is 11.4. The molecule has 10 heteroatoms. The van der Waals surface area contributed by atoms with E-state index < -0.39 is 17.9 Å². The number of hydrogen-bond donors (Lipinski definition) is 2. The second kappa shape index (κ2) is 13.2. The zero-order chi connectivity index (χ0) is 25.3. The standard InChI is InChI=1S/C24H24BrCl2N3O4/c1-5-8-34-22-18(25)10-15(11-21(22)33-4)13-28-30-24(32)20(9-14(2)3)29-23(31)17-7-6-16(26)12-19(17)27/h1,6-7,10-14,20H,8-9H2,2-4H3,(H,29,31)(H,30,32)/b28-13-/t20-/m0/s1. The number of rotatable bonds is 10. The summed E-state index contributed by atoms with van der Waals surface area (Å²) in [5.41, 5.74) is 3.33. The lowest BCUT2D eigenvalue weighted by molar-refractivity contribution is -0.123. The monoisotopic (exact) mass is 567 g/mol. The number of ether oxygens (including phenoxy) is 2. The van der Waals surface area contributed by atoms with Crippen molar-refractivity contribution in [2.75, 3.05) is 13.7 Å². The molecule has 0 aromatic heterocycles. The third kappa shape index (κ3) is 7.94. The van der Waals surface area contributed by atoms with Crippen LogP contribution in [0.15, 0.2) is 39.9 Å². The molecule has 7 nitrogen and oxygen atoms in total. The molecule has 0 saturated carbocycles. The number of amides is 2. The van der Waals surface area contributed by atoms with Gasteiger partial charge >= 0.3 is 0 Å². The highest BCUT2D eigenvalue weighted by molar-refractivity contribution is 9.10. The normalized spacial score (nSPS) is 11.7. The summed E-state index contributed by atoms with van der Waals surface area (Å²) in [6.07, 6.45) is 7.09. The Balaban J connectivity index is 2.13. The second-order valence-electron chi connectivity index (χ2n) is 7.54. The molecule has 2 aromatic rings. The molecule has 0 spiro atoms. The van der Waals surface area contributed by atoms with E-state index in [1.165, 1.54) is 25.5 Å². The Morgan fingerprint density at radius 2 is 2.00 bits per heavy atom. The van der Waals surface area contributed by atoms with Crippen LogP contribution in [0.25, 0.3) is 0 Å². The summed E-state index contributed by atoms with van der Waals surface area (Å²) in [5.74, 6) is 2.48. The van der Waals surface area contributed by atoms with E-state index >= 15 is 0 Å². The predicted octanol–water partition coefficient (Wildman–Crippen LogP) is 5.07. The van der Waals surface area contributed by atoms with E-state index in [1.54, 1.807) is 18.2 Å². The van der Waals surface area contributed by atoms with Crippen LogP contribution in [0.2, 0.25) is 10.0 Å². The third-order valence-corrected chi connectivity index (χ3v) is 5.58. The first kappa shape index (κ1) is 27.5. The van der Waals surface area contributed by atoms with Gasteiger partial charge in [-0.15, -0.1) is 6.42 Å². The fraction of sp³-hybridized carbons (Fsp3) is 0.292. The van der Waals surface area contributed by atoms with Crippen LogP contribution in [0.3, 0.4) is 0 Å². The number of hydrogen-bond acceptors (Lipinski definition) is 5. The quantitative estimate of drug-likeness (QED) is 0.238. The Bertz CT molecular complexity index is 1120. The lowest BCUT2D eigenvalue weighted by Crippen LogP contribution is -2.46. The lowest BCUT2D eigenvalue weighted by Gasteiger charge is -2.19. The first-order chi connectivity index (χ1) is 16.2. The molecule has 0 saturated heterocycles. The Morgan fingerprint density at radius 1 is 1.26 bits per heavy atom. The average molecular weight is 569 g/mol. The topological polar surface area (TPSA) is 89.0 Å². The maximum atomic E-state index is 12.8. The van der Waals surface area contributed by atoms with Crippen LogP contribution >= 0.6 is 39.1 Å². The van der Waals surface area contributed by atoms with Crippen molar-refractivity contribution in [2.45, 2.75) is 26.3 Å². The molecule has 2 aromatic carbocycles. The molecule has 0 aliphatic rings. The van der Waals surface area contributed by atoms with Crippen LogP contribution in [-0.2, 0) is 4.79 Å². The van der Waals surface area contributed by atoms with Gasteiger partial charge in [0.25, 0.3) is 11.8 Å². The van der Waals surface area contributed by atoms with E-state index in [9.17, 15) is 9.59 Å². The second-order valence-corrected chi connectivity index (χ2v) is 9.24. The molecule has 34 heavy (non-hydrogen) atoms. The minimum Gasteiger partial charge on any atom is -0.493 e. The minimum absolute atomic E-state index is 0.0860. The van der Waals surface area contributed by atoms with Gasteiger partial charge in [0.15, 0.2) is 11.5 Å². The van der Waals surface area contributed by atoms with Gasteiger partial charge < -0.3 is 14.8 Å². The summed E-state index contributed by atoms with van der Waals surface area (Å²) in [6.45, 7) is 3.97. The molecule has 180 valence electrons. The summed E-state index contributed by atoms with van der Waals surface area (Å²) in [5, 5.41) is 7.34. The van der Waals surface area contributed by atoms with Gasteiger partial charge in [0.2, 0.25) is 0 Å². The van der Waals surface area contributed by atoms with Crippen LogP contribution < -0.4 is 20.2 Å². The van der Waals surface area contributed by atoms with Gasteiger partial charge in [-0.05, 0) is 64.2 Å². The van der Waals surface area contributed by atoms with E-state index in [1.807, 2.05) is 13.8 Å². The number of hydrazone groups is 1. The zero-order valence-electron chi connectivity index (χ0n) is 18.8. The number of nitrogens with one attached hydrogen (secondary N) is 2. The molecule has 0 aliphatic carbocycles. The summed E-state index contributed by atoms with van der Waals surface area (Å²) in [7, 11) is 1.50. The van der Waals surface area contributed by atoms with E-state index in [-0.39, 0.29) is 23.1 Å². The molecule has 0 radical (unpaired) electrons. The van der Waals surface area contributed by atoms with Crippen LogP contribution in [-0.4, -0.2) is 37.8 Å². The van der Waals surface area contributed by atoms with Gasteiger partial charge in [-0.2, -0.15) is 5.10 Å². The van der Waals surface area contributed by atoms with Gasteiger partial charge in [-0.25, -0.2) is 5.43 Å². The van der Waals surface area contributed by atoms with E-state index in [0.717, 1.165) is 0 Å².